The number of halogens is 4. The first kappa shape index (κ1) is 22.9. The van der Waals surface area contributed by atoms with Gasteiger partial charge in [0.1, 0.15) is 0 Å². The van der Waals surface area contributed by atoms with Gasteiger partial charge in [0.05, 0.1) is 21.5 Å². The average Bonchev–Trinajstić information content (AvgIpc) is 3.11. The first-order chi connectivity index (χ1) is 15.5. The van der Waals surface area contributed by atoms with Gasteiger partial charge in [-0.25, -0.2) is 17.2 Å². The predicted octanol–water partition coefficient (Wildman–Crippen LogP) is 5.84. The second kappa shape index (κ2) is 8.24. The van der Waals surface area contributed by atoms with E-state index in [4.69, 9.17) is 16.7 Å². The summed E-state index contributed by atoms with van der Waals surface area (Å²) in [6.45, 7) is 0. The van der Waals surface area contributed by atoms with Crippen molar-refractivity contribution in [1.82, 2.24) is 3.97 Å². The maximum absolute atomic E-state index is 13.5. The number of rotatable bonds is 5. The van der Waals surface area contributed by atoms with Gasteiger partial charge in [0, 0.05) is 22.5 Å². The fraction of sp³-hybridized carbons (Fsp3) is 0.0870. The number of benzene rings is 3. The molecule has 0 amide bonds. The molecule has 3 aromatic carbocycles. The molecule has 0 aliphatic heterocycles. The number of carbonyl (C=O) groups is 1. The molecule has 0 radical (unpaired) electrons. The van der Waals surface area contributed by atoms with Crippen molar-refractivity contribution in [3.63, 3.8) is 0 Å². The summed E-state index contributed by atoms with van der Waals surface area (Å²) in [6, 6.07) is 15.5. The van der Waals surface area contributed by atoms with E-state index in [1.807, 2.05) is 0 Å². The van der Waals surface area contributed by atoms with E-state index in [1.165, 1.54) is 54.6 Å². The molecular weight excluding hydrogens is 479 g/mol. The largest absolute Gasteiger partial charge is 0.478 e. The van der Waals surface area contributed by atoms with Crippen molar-refractivity contribution >= 4 is 38.5 Å². The quantitative estimate of drug-likeness (QED) is 0.379. The van der Waals surface area contributed by atoms with Crippen LogP contribution >= 0.6 is 11.6 Å². The van der Waals surface area contributed by atoms with Crippen molar-refractivity contribution in [2.24, 2.45) is 0 Å². The zero-order valence-corrected chi connectivity index (χ0v) is 18.2. The Hall–Kier alpha value is -3.30. The molecule has 0 aliphatic rings. The number of alkyl halides is 3. The molecule has 1 aromatic heterocycles. The minimum absolute atomic E-state index is 0.0444. The van der Waals surface area contributed by atoms with Crippen LogP contribution in [0.3, 0.4) is 0 Å². The molecule has 1 N–H and O–H groups in total. The zero-order valence-electron chi connectivity index (χ0n) is 16.7. The van der Waals surface area contributed by atoms with Crippen LogP contribution in [0.25, 0.3) is 10.9 Å². The van der Waals surface area contributed by atoms with Crippen LogP contribution in [0.4, 0.5) is 13.2 Å². The third-order valence-electron chi connectivity index (χ3n) is 5.09. The van der Waals surface area contributed by atoms with Crippen LogP contribution in [0.2, 0.25) is 5.02 Å². The molecule has 0 aliphatic carbocycles. The summed E-state index contributed by atoms with van der Waals surface area (Å²) >= 11 is 5.87. The van der Waals surface area contributed by atoms with Gasteiger partial charge in [-0.2, -0.15) is 13.2 Å². The van der Waals surface area contributed by atoms with E-state index in [0.717, 1.165) is 22.2 Å². The van der Waals surface area contributed by atoms with Crippen LogP contribution in [0.1, 0.15) is 27.2 Å². The van der Waals surface area contributed by atoms with Gasteiger partial charge in [-0.3, -0.25) is 0 Å². The third kappa shape index (κ3) is 4.46. The maximum Gasteiger partial charge on any atom is 0.416 e. The van der Waals surface area contributed by atoms with Crippen molar-refractivity contribution in [2.75, 3.05) is 0 Å². The fourth-order valence-corrected chi connectivity index (χ4v) is 5.19. The Morgan fingerprint density at radius 3 is 2.15 bits per heavy atom. The standard InChI is InChI=1S/C23H15ClF3NO4S/c24-18-6-8-20(9-7-18)33(31,32)28-19(11-14-1-3-15(4-2-14)22(29)30)13-16-12-17(23(25,26)27)5-10-21(16)28/h1-10,12-13H,11H2,(H,29,30). The van der Waals surface area contributed by atoms with Gasteiger partial charge in [0.25, 0.3) is 10.0 Å². The van der Waals surface area contributed by atoms with Crippen molar-refractivity contribution in [3.8, 4) is 0 Å². The lowest BCUT2D eigenvalue weighted by Gasteiger charge is -2.13. The molecule has 0 saturated heterocycles. The van der Waals surface area contributed by atoms with Crippen LogP contribution in [-0.2, 0) is 22.6 Å². The number of aromatic nitrogens is 1. The van der Waals surface area contributed by atoms with Crippen LogP contribution in [0.5, 0.6) is 0 Å². The van der Waals surface area contributed by atoms with Crippen LogP contribution < -0.4 is 0 Å². The van der Waals surface area contributed by atoms with E-state index in [0.29, 0.717) is 10.6 Å². The van der Waals surface area contributed by atoms with Gasteiger partial charge in [0.2, 0.25) is 0 Å². The minimum Gasteiger partial charge on any atom is -0.478 e. The molecule has 0 atom stereocenters. The summed E-state index contributed by atoms with van der Waals surface area (Å²) in [6.07, 6.45) is -4.54. The van der Waals surface area contributed by atoms with E-state index >= 15 is 0 Å². The third-order valence-corrected chi connectivity index (χ3v) is 7.13. The SMILES string of the molecule is O=C(O)c1ccc(Cc2cc3cc(C(F)(F)F)ccc3n2S(=O)(=O)c2ccc(Cl)cc2)cc1. The van der Waals surface area contributed by atoms with Gasteiger partial charge in [0.15, 0.2) is 0 Å². The van der Waals surface area contributed by atoms with Crippen LogP contribution in [-0.4, -0.2) is 23.5 Å². The predicted molar refractivity (Wildman–Crippen MR) is 117 cm³/mol. The fourth-order valence-electron chi connectivity index (χ4n) is 3.52. The topological polar surface area (TPSA) is 76.4 Å². The molecular formula is C23H15ClF3NO4S. The summed E-state index contributed by atoms with van der Waals surface area (Å²) in [5, 5.41) is 9.51. The van der Waals surface area contributed by atoms with Crippen LogP contribution in [0, 0.1) is 0 Å². The Labute approximate surface area is 191 Å². The van der Waals surface area contributed by atoms with E-state index in [1.54, 1.807) is 0 Å². The molecule has 5 nitrogen and oxygen atoms in total. The second-order valence-corrected chi connectivity index (χ2v) is 9.53. The Bertz CT molecular complexity index is 1460. The molecule has 4 aromatic rings. The van der Waals surface area contributed by atoms with E-state index in [-0.39, 0.29) is 33.5 Å². The molecule has 0 unspecified atom stereocenters. The summed E-state index contributed by atoms with van der Waals surface area (Å²) in [5.41, 5.74) is 0.0696. The Kier molecular flexibility index (Phi) is 5.71. The number of hydrogen-bond donors (Lipinski definition) is 1. The monoisotopic (exact) mass is 493 g/mol. The smallest absolute Gasteiger partial charge is 0.416 e. The van der Waals surface area contributed by atoms with E-state index < -0.39 is 27.7 Å². The number of hydrogen-bond acceptors (Lipinski definition) is 3. The van der Waals surface area contributed by atoms with Gasteiger partial charge < -0.3 is 5.11 Å². The highest BCUT2D eigenvalue weighted by molar-refractivity contribution is 7.90. The number of nitrogens with zero attached hydrogens (tertiary/aromatic N) is 1. The first-order valence-electron chi connectivity index (χ1n) is 9.52. The number of carboxylic acid groups (broad SMARTS) is 1. The number of carboxylic acids is 1. The van der Waals surface area contributed by atoms with E-state index in [9.17, 15) is 26.4 Å². The minimum atomic E-state index is -4.59. The van der Waals surface area contributed by atoms with Crippen LogP contribution in [0.15, 0.2) is 77.7 Å². The lowest BCUT2D eigenvalue weighted by molar-refractivity contribution is -0.137. The number of aromatic carboxylic acids is 1. The summed E-state index contributed by atoms with van der Waals surface area (Å²) in [4.78, 5) is 11.0. The van der Waals surface area contributed by atoms with Crippen molar-refractivity contribution < 1.29 is 31.5 Å². The van der Waals surface area contributed by atoms with Crippen molar-refractivity contribution in [1.29, 1.82) is 0 Å². The second-order valence-electron chi connectivity index (χ2n) is 7.31. The molecule has 0 bridgehead atoms. The van der Waals surface area contributed by atoms with Crippen molar-refractivity contribution in [3.05, 3.63) is 100 Å². The Morgan fingerprint density at radius 1 is 0.939 bits per heavy atom. The van der Waals surface area contributed by atoms with Gasteiger partial charge in [-0.15, -0.1) is 0 Å². The molecule has 0 fully saturated rings. The number of fused-ring (bicyclic) bond motifs is 1. The van der Waals surface area contributed by atoms with Gasteiger partial charge in [-0.1, -0.05) is 23.7 Å². The highest BCUT2D eigenvalue weighted by Crippen LogP contribution is 2.34. The molecule has 1 heterocycles. The van der Waals surface area contributed by atoms with E-state index in [2.05, 4.69) is 0 Å². The zero-order chi connectivity index (χ0) is 24.0. The molecule has 10 heteroatoms. The maximum atomic E-state index is 13.5. The molecule has 0 spiro atoms. The lowest BCUT2D eigenvalue weighted by atomic mass is 10.1. The Balaban J connectivity index is 1.90. The van der Waals surface area contributed by atoms with Gasteiger partial charge >= 0.3 is 12.1 Å². The van der Waals surface area contributed by atoms with Crippen molar-refractivity contribution in [2.45, 2.75) is 17.5 Å². The summed E-state index contributed by atoms with van der Waals surface area (Å²) in [7, 11) is -4.18. The lowest BCUT2D eigenvalue weighted by Crippen LogP contribution is -2.16. The van der Waals surface area contributed by atoms with Gasteiger partial charge in [-0.05, 0) is 66.2 Å². The first-order valence-corrected chi connectivity index (χ1v) is 11.3. The Morgan fingerprint density at radius 2 is 1.58 bits per heavy atom. The molecule has 0 saturated carbocycles. The highest BCUT2D eigenvalue weighted by Gasteiger charge is 2.32. The highest BCUT2D eigenvalue weighted by atomic mass is 35.5. The molecule has 33 heavy (non-hydrogen) atoms. The summed E-state index contributed by atoms with van der Waals surface area (Å²) < 4.78 is 67.6. The molecule has 4 rings (SSSR count). The summed E-state index contributed by atoms with van der Waals surface area (Å²) in [5.74, 6) is -1.11. The normalized spacial score (nSPS) is 12.2. The molecule has 170 valence electrons. The average molecular weight is 494 g/mol.